The summed E-state index contributed by atoms with van der Waals surface area (Å²) in [6.45, 7) is 2.01. The van der Waals surface area contributed by atoms with Crippen LogP contribution in [0.15, 0.2) is 66.0 Å². The molecule has 2 aromatic heterocycles. The van der Waals surface area contributed by atoms with Crippen LogP contribution in [0.4, 0.5) is 17.6 Å². The largest absolute Gasteiger partial charge is 0.368 e. The maximum atomic E-state index is 6.06. The molecule has 0 aliphatic heterocycles. The number of para-hydroxylation sites is 1. The van der Waals surface area contributed by atoms with Gasteiger partial charge < -0.3 is 16.9 Å². The summed E-state index contributed by atoms with van der Waals surface area (Å²) in [6, 6.07) is 17.8. The van der Waals surface area contributed by atoms with Gasteiger partial charge >= 0.3 is 0 Å². The van der Waals surface area contributed by atoms with Crippen LogP contribution < -0.4 is 16.9 Å². The summed E-state index contributed by atoms with van der Waals surface area (Å²) < 4.78 is 1.50. The number of anilines is 3. The van der Waals surface area contributed by atoms with Gasteiger partial charge in [-0.05, 0) is 18.6 Å². The Bertz CT molecular complexity index is 1130. The fourth-order valence-corrected chi connectivity index (χ4v) is 3.50. The zero-order valence-corrected chi connectivity index (χ0v) is 16.6. The minimum Gasteiger partial charge on any atom is -0.368 e. The van der Waals surface area contributed by atoms with Crippen LogP contribution in [0.1, 0.15) is 11.4 Å². The normalized spacial score (nSPS) is 10.8. The van der Waals surface area contributed by atoms with E-state index in [0.29, 0.717) is 22.7 Å². The molecule has 29 heavy (non-hydrogen) atoms. The Balaban J connectivity index is 1.50. The lowest BCUT2D eigenvalue weighted by Gasteiger charge is -2.09. The number of nitrogens with two attached hydrogens (primary N) is 2. The molecule has 0 radical (unpaired) electrons. The summed E-state index contributed by atoms with van der Waals surface area (Å²) in [4.78, 5) is 17.5. The molecule has 0 amide bonds. The van der Waals surface area contributed by atoms with Crippen LogP contribution in [0.2, 0.25) is 0 Å². The predicted molar refractivity (Wildman–Crippen MR) is 116 cm³/mol. The van der Waals surface area contributed by atoms with E-state index in [4.69, 9.17) is 11.6 Å². The van der Waals surface area contributed by atoms with Crippen molar-refractivity contribution in [3.63, 3.8) is 0 Å². The highest BCUT2D eigenvalue weighted by Crippen LogP contribution is 2.25. The number of rotatable bonds is 6. The second-order valence-corrected chi connectivity index (χ2v) is 7.29. The van der Waals surface area contributed by atoms with E-state index in [1.165, 1.54) is 16.4 Å². The van der Waals surface area contributed by atoms with Crippen LogP contribution in [0.25, 0.3) is 11.3 Å². The fraction of sp³-hybridized carbons (Fsp3) is 0.100. The Labute approximate surface area is 172 Å². The molecule has 4 rings (SSSR count). The molecule has 9 heteroatoms. The van der Waals surface area contributed by atoms with E-state index in [-0.39, 0.29) is 5.95 Å². The number of benzene rings is 2. The molecule has 0 aliphatic carbocycles. The lowest BCUT2D eigenvalue weighted by atomic mass is 10.2. The first-order valence-electron chi connectivity index (χ1n) is 8.94. The maximum Gasteiger partial charge on any atom is 0.232 e. The van der Waals surface area contributed by atoms with Crippen molar-refractivity contribution >= 4 is 29.3 Å². The molecule has 0 saturated carbocycles. The van der Waals surface area contributed by atoms with E-state index in [0.717, 1.165) is 22.5 Å². The van der Waals surface area contributed by atoms with E-state index in [1.54, 1.807) is 6.20 Å². The van der Waals surface area contributed by atoms with E-state index in [2.05, 4.69) is 25.3 Å². The second kappa shape index (κ2) is 8.19. The number of hydrogen-bond donors (Lipinski definition) is 3. The fourth-order valence-electron chi connectivity index (χ4n) is 2.75. The molecule has 0 saturated heterocycles. The zero-order chi connectivity index (χ0) is 20.2. The van der Waals surface area contributed by atoms with Gasteiger partial charge in [-0.25, -0.2) is 9.66 Å². The van der Waals surface area contributed by atoms with E-state index in [9.17, 15) is 0 Å². The molecule has 2 aromatic carbocycles. The predicted octanol–water partition coefficient (Wildman–Crippen LogP) is 3.38. The molecule has 0 aliphatic rings. The first-order valence-corrected chi connectivity index (χ1v) is 9.93. The van der Waals surface area contributed by atoms with Gasteiger partial charge in [-0.2, -0.15) is 15.0 Å². The molecule has 146 valence electrons. The third-order valence-electron chi connectivity index (χ3n) is 4.19. The van der Waals surface area contributed by atoms with E-state index in [1.807, 2.05) is 61.5 Å². The third-order valence-corrected chi connectivity index (χ3v) is 5.15. The first kappa shape index (κ1) is 18.8. The van der Waals surface area contributed by atoms with Crippen molar-refractivity contribution in [1.29, 1.82) is 0 Å². The van der Waals surface area contributed by atoms with Crippen molar-refractivity contribution in [3.8, 4) is 11.3 Å². The molecule has 5 N–H and O–H groups in total. The highest BCUT2D eigenvalue weighted by atomic mass is 32.2. The Morgan fingerprint density at radius 3 is 2.52 bits per heavy atom. The van der Waals surface area contributed by atoms with Gasteiger partial charge in [-0.15, -0.1) is 0 Å². The van der Waals surface area contributed by atoms with Crippen molar-refractivity contribution in [2.75, 3.05) is 16.9 Å². The monoisotopic (exact) mass is 404 g/mol. The average molecular weight is 405 g/mol. The highest BCUT2D eigenvalue weighted by Gasteiger charge is 2.11. The van der Waals surface area contributed by atoms with Crippen LogP contribution in [0.5, 0.6) is 0 Å². The van der Waals surface area contributed by atoms with Crippen LogP contribution >= 0.6 is 11.8 Å². The van der Waals surface area contributed by atoms with Gasteiger partial charge in [0.15, 0.2) is 5.16 Å². The molecule has 0 bridgehead atoms. The van der Waals surface area contributed by atoms with Gasteiger partial charge in [0.05, 0.1) is 17.6 Å². The number of nitrogens with one attached hydrogen (secondary N) is 1. The van der Waals surface area contributed by atoms with Gasteiger partial charge in [-0.3, -0.25) is 0 Å². The van der Waals surface area contributed by atoms with Gasteiger partial charge in [-0.1, -0.05) is 60.3 Å². The zero-order valence-electron chi connectivity index (χ0n) is 15.8. The summed E-state index contributed by atoms with van der Waals surface area (Å²) in [5, 5.41) is 3.85. The highest BCUT2D eigenvalue weighted by molar-refractivity contribution is 7.98. The average Bonchev–Trinajstić information content (AvgIpc) is 3.09. The van der Waals surface area contributed by atoms with Gasteiger partial charge in [0.1, 0.15) is 5.82 Å². The number of imidazole rings is 1. The number of thioether (sulfide) groups is 1. The van der Waals surface area contributed by atoms with Crippen molar-refractivity contribution in [2.24, 2.45) is 0 Å². The van der Waals surface area contributed by atoms with E-state index >= 15 is 0 Å². The molecular weight excluding hydrogens is 384 g/mol. The number of hydrogen-bond acceptors (Lipinski definition) is 8. The summed E-state index contributed by atoms with van der Waals surface area (Å²) in [5.41, 5.74) is 9.70. The molecule has 0 unspecified atom stereocenters. The second-order valence-electron chi connectivity index (χ2n) is 6.34. The minimum atomic E-state index is 0.160. The number of aromatic nitrogens is 5. The Morgan fingerprint density at radius 2 is 1.72 bits per heavy atom. The molecule has 8 nitrogen and oxygen atoms in total. The van der Waals surface area contributed by atoms with Crippen LogP contribution in [-0.2, 0) is 5.75 Å². The third kappa shape index (κ3) is 4.46. The van der Waals surface area contributed by atoms with Gasteiger partial charge in [0.25, 0.3) is 0 Å². The van der Waals surface area contributed by atoms with Crippen molar-refractivity contribution in [1.82, 2.24) is 24.6 Å². The number of nitrogens with zero attached hydrogens (tertiary/aromatic N) is 5. The molecule has 0 fully saturated rings. The van der Waals surface area contributed by atoms with E-state index < -0.39 is 0 Å². The van der Waals surface area contributed by atoms with Crippen LogP contribution in [0, 0.1) is 6.92 Å². The van der Waals surface area contributed by atoms with Gasteiger partial charge in [0, 0.05) is 11.3 Å². The lowest BCUT2D eigenvalue weighted by Crippen LogP contribution is -2.09. The molecule has 0 spiro atoms. The van der Waals surface area contributed by atoms with Crippen molar-refractivity contribution in [2.45, 2.75) is 17.8 Å². The summed E-state index contributed by atoms with van der Waals surface area (Å²) in [5.74, 6) is 7.63. The van der Waals surface area contributed by atoms with Crippen LogP contribution in [-0.4, -0.2) is 24.6 Å². The maximum absolute atomic E-state index is 6.06. The lowest BCUT2D eigenvalue weighted by molar-refractivity contribution is 0.849. The smallest absolute Gasteiger partial charge is 0.232 e. The van der Waals surface area contributed by atoms with Gasteiger partial charge in [0.2, 0.25) is 11.9 Å². The number of aryl methyl sites for hydroxylation is 1. The van der Waals surface area contributed by atoms with Crippen LogP contribution in [0.3, 0.4) is 0 Å². The first-order chi connectivity index (χ1) is 14.1. The topological polar surface area (TPSA) is 121 Å². The Morgan fingerprint density at radius 1 is 0.966 bits per heavy atom. The summed E-state index contributed by atoms with van der Waals surface area (Å²) >= 11 is 1.43. The van der Waals surface area contributed by atoms with Crippen molar-refractivity contribution < 1.29 is 0 Å². The SMILES string of the molecule is Cc1ccccc1Nc1nc(N)nc(CSc2nc(-c3ccccc3)cn2N)n1. The Kier molecular flexibility index (Phi) is 5.30. The molecule has 0 atom stereocenters. The quantitative estimate of drug-likeness (QED) is 0.330. The summed E-state index contributed by atoms with van der Waals surface area (Å²) in [7, 11) is 0. The summed E-state index contributed by atoms with van der Waals surface area (Å²) in [6.07, 6.45) is 1.80. The Hall–Kier alpha value is -3.59. The standard InChI is InChI=1S/C20H20N8S/c1-13-7-5-6-10-15(13)23-19-26-17(25-18(21)27-19)12-29-20-24-16(11-28(20)22)14-8-3-2-4-9-14/h2-11H,12,22H2,1H3,(H3,21,23,25,26,27). The molecule has 4 aromatic rings. The number of nitrogen functional groups attached to an aromatic ring is 2. The molecule has 2 heterocycles. The minimum absolute atomic E-state index is 0.160. The van der Waals surface area contributed by atoms with Crippen molar-refractivity contribution in [3.05, 3.63) is 72.2 Å². The molecular formula is C20H20N8S.